The average molecular weight is 424 g/mol. The Morgan fingerprint density at radius 3 is 2.06 bits per heavy atom. The number of amides is 1. The SMILES string of the molecule is Cc1ccc(Nc2cc(C)nc(Nc3ccc(NC(=O)c4ccccc4C)cc3)n2)cc1. The van der Waals surface area contributed by atoms with Crippen molar-refractivity contribution in [1.82, 2.24) is 9.97 Å². The number of nitrogens with zero attached hydrogens (tertiary/aromatic N) is 2. The van der Waals surface area contributed by atoms with Gasteiger partial charge in [0.2, 0.25) is 5.95 Å². The second-order valence-electron chi connectivity index (χ2n) is 7.68. The van der Waals surface area contributed by atoms with Crippen LogP contribution in [0.1, 0.15) is 27.2 Å². The summed E-state index contributed by atoms with van der Waals surface area (Å²) in [6.07, 6.45) is 0. The summed E-state index contributed by atoms with van der Waals surface area (Å²) in [6.45, 7) is 5.91. The lowest BCUT2D eigenvalue weighted by Gasteiger charge is -2.11. The third-order valence-corrected chi connectivity index (χ3v) is 4.97. The summed E-state index contributed by atoms with van der Waals surface area (Å²) < 4.78 is 0. The molecule has 0 radical (unpaired) electrons. The van der Waals surface area contributed by atoms with Gasteiger partial charge < -0.3 is 16.0 Å². The van der Waals surface area contributed by atoms with E-state index in [0.29, 0.717) is 17.3 Å². The van der Waals surface area contributed by atoms with E-state index in [9.17, 15) is 4.79 Å². The minimum absolute atomic E-state index is 0.127. The molecule has 0 spiro atoms. The van der Waals surface area contributed by atoms with Crippen molar-refractivity contribution in [2.75, 3.05) is 16.0 Å². The first-order chi connectivity index (χ1) is 15.5. The Kier molecular flexibility index (Phi) is 6.12. The van der Waals surface area contributed by atoms with E-state index < -0.39 is 0 Å². The molecule has 0 unspecified atom stereocenters. The van der Waals surface area contributed by atoms with Gasteiger partial charge in [-0.15, -0.1) is 0 Å². The van der Waals surface area contributed by atoms with Gasteiger partial charge >= 0.3 is 0 Å². The van der Waals surface area contributed by atoms with E-state index in [4.69, 9.17) is 0 Å². The standard InChI is InChI=1S/C26H25N5O/c1-17-8-10-20(11-9-17)28-24-16-19(3)27-26(31-24)30-22-14-12-21(13-15-22)29-25(32)23-7-5-4-6-18(23)2/h4-16H,1-3H3,(H,29,32)(H2,27,28,30,31). The molecule has 0 atom stereocenters. The molecule has 3 aromatic carbocycles. The third-order valence-electron chi connectivity index (χ3n) is 4.97. The van der Waals surface area contributed by atoms with Crippen molar-refractivity contribution in [3.63, 3.8) is 0 Å². The number of carbonyl (C=O) groups excluding carboxylic acids is 1. The number of carbonyl (C=O) groups is 1. The Balaban J connectivity index is 1.44. The van der Waals surface area contributed by atoms with Crippen molar-refractivity contribution < 1.29 is 4.79 Å². The summed E-state index contributed by atoms with van der Waals surface area (Å²) in [5.74, 6) is 1.08. The van der Waals surface area contributed by atoms with Crippen LogP contribution in [0.3, 0.4) is 0 Å². The Morgan fingerprint density at radius 1 is 0.719 bits per heavy atom. The average Bonchev–Trinajstić information content (AvgIpc) is 2.76. The normalized spacial score (nSPS) is 10.5. The van der Waals surface area contributed by atoms with Crippen molar-refractivity contribution in [2.24, 2.45) is 0 Å². The number of hydrogen-bond acceptors (Lipinski definition) is 5. The number of anilines is 5. The van der Waals surface area contributed by atoms with Crippen LogP contribution in [0.2, 0.25) is 0 Å². The van der Waals surface area contributed by atoms with Gasteiger partial charge in [-0.25, -0.2) is 4.98 Å². The van der Waals surface area contributed by atoms with E-state index in [1.54, 1.807) is 0 Å². The zero-order valence-electron chi connectivity index (χ0n) is 18.3. The molecule has 0 aliphatic heterocycles. The zero-order valence-corrected chi connectivity index (χ0v) is 18.3. The largest absolute Gasteiger partial charge is 0.340 e. The van der Waals surface area contributed by atoms with E-state index in [0.717, 1.165) is 28.3 Å². The van der Waals surface area contributed by atoms with Gasteiger partial charge in [0.15, 0.2) is 0 Å². The molecule has 1 aromatic heterocycles. The molecule has 0 aliphatic carbocycles. The fourth-order valence-corrected chi connectivity index (χ4v) is 3.27. The Hall–Kier alpha value is -4.19. The fraction of sp³-hybridized carbons (Fsp3) is 0.115. The van der Waals surface area contributed by atoms with Gasteiger partial charge in [0.05, 0.1) is 0 Å². The highest BCUT2D eigenvalue weighted by Gasteiger charge is 2.09. The van der Waals surface area contributed by atoms with Gasteiger partial charge in [-0.1, -0.05) is 35.9 Å². The summed E-state index contributed by atoms with van der Waals surface area (Å²) in [5, 5.41) is 9.47. The highest BCUT2D eigenvalue weighted by Crippen LogP contribution is 2.21. The van der Waals surface area contributed by atoms with Crippen LogP contribution in [-0.2, 0) is 0 Å². The second-order valence-corrected chi connectivity index (χ2v) is 7.68. The molecule has 0 fully saturated rings. The van der Waals surface area contributed by atoms with Crippen LogP contribution in [0, 0.1) is 20.8 Å². The predicted molar refractivity (Wildman–Crippen MR) is 130 cm³/mol. The smallest absolute Gasteiger partial charge is 0.255 e. The maximum absolute atomic E-state index is 12.5. The maximum Gasteiger partial charge on any atom is 0.255 e. The predicted octanol–water partition coefficient (Wildman–Crippen LogP) is 6.14. The van der Waals surface area contributed by atoms with Crippen LogP contribution in [0.5, 0.6) is 0 Å². The minimum Gasteiger partial charge on any atom is -0.340 e. The van der Waals surface area contributed by atoms with Crippen LogP contribution in [0.25, 0.3) is 0 Å². The Bertz CT molecular complexity index is 1230. The molecule has 32 heavy (non-hydrogen) atoms. The molecule has 160 valence electrons. The van der Waals surface area contributed by atoms with Gasteiger partial charge in [0.25, 0.3) is 5.91 Å². The highest BCUT2D eigenvalue weighted by molar-refractivity contribution is 6.05. The van der Waals surface area contributed by atoms with Crippen molar-refractivity contribution in [3.8, 4) is 0 Å². The van der Waals surface area contributed by atoms with Crippen molar-refractivity contribution in [1.29, 1.82) is 0 Å². The third kappa shape index (κ3) is 5.29. The molecule has 6 heteroatoms. The minimum atomic E-state index is -0.127. The molecule has 3 N–H and O–H groups in total. The first-order valence-corrected chi connectivity index (χ1v) is 10.4. The molecule has 0 aliphatic rings. The molecule has 0 saturated heterocycles. The summed E-state index contributed by atoms with van der Waals surface area (Å²) >= 11 is 0. The quantitative estimate of drug-likeness (QED) is 0.347. The van der Waals surface area contributed by atoms with Gasteiger partial charge in [-0.05, 0) is 68.8 Å². The summed E-state index contributed by atoms with van der Waals surface area (Å²) in [5.41, 5.74) is 6.16. The number of nitrogens with one attached hydrogen (secondary N) is 3. The highest BCUT2D eigenvalue weighted by atomic mass is 16.1. The number of aromatic nitrogens is 2. The van der Waals surface area contributed by atoms with Gasteiger partial charge in [0, 0.05) is 34.4 Å². The molecule has 6 nitrogen and oxygen atoms in total. The van der Waals surface area contributed by atoms with E-state index in [1.165, 1.54) is 5.56 Å². The molecule has 0 bridgehead atoms. The second kappa shape index (κ2) is 9.31. The summed E-state index contributed by atoms with van der Waals surface area (Å²) in [4.78, 5) is 21.5. The first kappa shape index (κ1) is 21.1. The number of rotatable bonds is 6. The molecule has 0 saturated carbocycles. The lowest BCUT2D eigenvalue weighted by atomic mass is 10.1. The molecule has 4 rings (SSSR count). The fourth-order valence-electron chi connectivity index (χ4n) is 3.27. The van der Waals surface area contributed by atoms with E-state index in [2.05, 4.69) is 45.0 Å². The van der Waals surface area contributed by atoms with Crippen molar-refractivity contribution >= 4 is 34.7 Å². The Labute approximate surface area is 187 Å². The molecule has 1 amide bonds. The zero-order chi connectivity index (χ0) is 22.5. The van der Waals surface area contributed by atoms with Gasteiger partial charge in [0.1, 0.15) is 5.82 Å². The first-order valence-electron chi connectivity index (χ1n) is 10.4. The van der Waals surface area contributed by atoms with E-state index in [-0.39, 0.29) is 5.91 Å². The number of aryl methyl sites for hydroxylation is 3. The topological polar surface area (TPSA) is 78.9 Å². The molecular weight excluding hydrogens is 398 g/mol. The van der Waals surface area contributed by atoms with Crippen molar-refractivity contribution in [3.05, 3.63) is 101 Å². The lowest BCUT2D eigenvalue weighted by molar-refractivity contribution is 0.102. The molecule has 4 aromatic rings. The number of hydrogen-bond donors (Lipinski definition) is 3. The van der Waals surface area contributed by atoms with Crippen LogP contribution < -0.4 is 16.0 Å². The van der Waals surface area contributed by atoms with Crippen LogP contribution in [0.15, 0.2) is 78.9 Å². The summed E-state index contributed by atoms with van der Waals surface area (Å²) in [6, 6.07) is 25.0. The Morgan fingerprint density at radius 2 is 1.34 bits per heavy atom. The van der Waals surface area contributed by atoms with Crippen LogP contribution in [0.4, 0.5) is 28.8 Å². The lowest BCUT2D eigenvalue weighted by Crippen LogP contribution is -2.13. The monoisotopic (exact) mass is 423 g/mol. The maximum atomic E-state index is 12.5. The van der Waals surface area contributed by atoms with Crippen molar-refractivity contribution in [2.45, 2.75) is 20.8 Å². The van der Waals surface area contributed by atoms with Gasteiger partial charge in [-0.3, -0.25) is 4.79 Å². The molecule has 1 heterocycles. The van der Waals surface area contributed by atoms with Gasteiger partial charge in [-0.2, -0.15) is 4.98 Å². The van der Waals surface area contributed by atoms with E-state index in [1.807, 2.05) is 80.6 Å². The van der Waals surface area contributed by atoms with E-state index >= 15 is 0 Å². The van der Waals surface area contributed by atoms with Crippen LogP contribution in [-0.4, -0.2) is 15.9 Å². The number of benzene rings is 3. The summed E-state index contributed by atoms with van der Waals surface area (Å²) in [7, 11) is 0. The van der Waals surface area contributed by atoms with Crippen LogP contribution >= 0.6 is 0 Å². The molecular formula is C26H25N5O.